The van der Waals surface area contributed by atoms with Crippen LogP contribution in [-0.4, -0.2) is 17.1 Å². The highest BCUT2D eigenvalue weighted by Gasteiger charge is 2.32. The van der Waals surface area contributed by atoms with Crippen molar-refractivity contribution in [2.24, 2.45) is 4.99 Å². The van der Waals surface area contributed by atoms with E-state index in [0.29, 0.717) is 43.2 Å². The van der Waals surface area contributed by atoms with Gasteiger partial charge in [0, 0.05) is 11.3 Å². The number of terminal acetylenes is 1. The van der Waals surface area contributed by atoms with Crippen LogP contribution < -0.4 is 24.9 Å². The van der Waals surface area contributed by atoms with Crippen LogP contribution in [0.5, 0.6) is 5.75 Å². The van der Waals surface area contributed by atoms with Gasteiger partial charge in [0.05, 0.1) is 21.8 Å². The van der Waals surface area contributed by atoms with Crippen LogP contribution in [0.2, 0.25) is 0 Å². The molecule has 0 bridgehead atoms. The van der Waals surface area contributed by atoms with Gasteiger partial charge in [-0.15, -0.1) is 6.42 Å². The number of para-hydroxylation sites is 2. The smallest absolute Gasteiger partial charge is 0.271 e. The molecule has 0 saturated carbocycles. The van der Waals surface area contributed by atoms with Crippen LogP contribution in [-0.2, 0) is 4.79 Å². The number of rotatable bonds is 6. The molecule has 3 aromatic carbocycles. The standard InChI is InChI=1S/C30H22FN3O3S/c1-3-17-37-24-12-8-7-9-21(24)18-25-29(36)34-27(20-13-15-22(31)16-14-20)26(19(2)32-30(34)38-25)28(35)33-23-10-5-4-6-11-23/h1,4-16,18,27H,17H2,2H3,(H,33,35)/b25-18-/t27-/m0/s1. The number of allylic oxidation sites excluding steroid dienone is 1. The van der Waals surface area contributed by atoms with E-state index in [1.54, 1.807) is 43.3 Å². The Morgan fingerprint density at radius 1 is 1.13 bits per heavy atom. The Hall–Kier alpha value is -4.74. The van der Waals surface area contributed by atoms with Crippen LogP contribution in [0.25, 0.3) is 6.08 Å². The van der Waals surface area contributed by atoms with E-state index in [0.717, 1.165) is 0 Å². The third-order valence-electron chi connectivity index (χ3n) is 6.00. The van der Waals surface area contributed by atoms with Gasteiger partial charge in [0.25, 0.3) is 11.5 Å². The normalized spacial score (nSPS) is 14.9. The lowest BCUT2D eigenvalue weighted by Crippen LogP contribution is -2.40. The number of hydrogen-bond acceptors (Lipinski definition) is 5. The fourth-order valence-electron chi connectivity index (χ4n) is 4.28. The van der Waals surface area contributed by atoms with E-state index in [9.17, 15) is 14.0 Å². The van der Waals surface area contributed by atoms with Gasteiger partial charge in [-0.1, -0.05) is 65.8 Å². The summed E-state index contributed by atoms with van der Waals surface area (Å²) in [6.45, 7) is 1.83. The number of carbonyl (C=O) groups is 1. The van der Waals surface area contributed by atoms with E-state index in [-0.39, 0.29) is 12.2 Å². The summed E-state index contributed by atoms with van der Waals surface area (Å²) < 4.78 is 21.3. The van der Waals surface area contributed by atoms with Gasteiger partial charge in [-0.3, -0.25) is 14.2 Å². The van der Waals surface area contributed by atoms with Crippen LogP contribution in [0.15, 0.2) is 99.9 Å². The third-order valence-corrected chi connectivity index (χ3v) is 6.98. The van der Waals surface area contributed by atoms with E-state index in [2.05, 4.69) is 16.2 Å². The number of benzene rings is 3. The Kier molecular flexibility index (Phi) is 7.03. The predicted octanol–water partition coefficient (Wildman–Crippen LogP) is 4.03. The molecule has 4 aromatic rings. The van der Waals surface area contributed by atoms with Crippen LogP contribution in [0.4, 0.5) is 10.1 Å². The fourth-order valence-corrected chi connectivity index (χ4v) is 5.32. The van der Waals surface area contributed by atoms with E-state index in [4.69, 9.17) is 11.2 Å². The van der Waals surface area contributed by atoms with Crippen molar-refractivity contribution in [3.8, 4) is 18.1 Å². The highest BCUT2D eigenvalue weighted by atomic mass is 32.1. The van der Waals surface area contributed by atoms with Crippen molar-refractivity contribution in [3.05, 3.63) is 127 Å². The van der Waals surface area contributed by atoms with Crippen LogP contribution in [0.1, 0.15) is 24.1 Å². The molecule has 0 fully saturated rings. The Balaban J connectivity index is 1.66. The maximum Gasteiger partial charge on any atom is 0.271 e. The third kappa shape index (κ3) is 4.92. The predicted molar refractivity (Wildman–Crippen MR) is 146 cm³/mol. The van der Waals surface area contributed by atoms with Crippen LogP contribution in [0, 0.1) is 18.2 Å². The molecule has 1 aliphatic rings. The lowest BCUT2D eigenvalue weighted by atomic mass is 9.95. The molecule has 1 N–H and O–H groups in total. The first-order chi connectivity index (χ1) is 18.5. The number of amides is 1. The first-order valence-corrected chi connectivity index (χ1v) is 12.6. The van der Waals surface area contributed by atoms with Crippen molar-refractivity contribution in [1.82, 2.24) is 4.57 Å². The van der Waals surface area contributed by atoms with Gasteiger partial charge in [0.2, 0.25) is 0 Å². The number of anilines is 1. The molecule has 5 rings (SSSR count). The number of fused-ring (bicyclic) bond motifs is 1. The van der Waals surface area contributed by atoms with Gasteiger partial charge in [-0.2, -0.15) is 0 Å². The average Bonchev–Trinajstić information content (AvgIpc) is 3.22. The second kappa shape index (κ2) is 10.7. The molecular weight excluding hydrogens is 501 g/mol. The lowest BCUT2D eigenvalue weighted by molar-refractivity contribution is -0.113. The van der Waals surface area contributed by atoms with E-state index in [1.165, 1.54) is 28.0 Å². The molecule has 1 atom stereocenters. The monoisotopic (exact) mass is 523 g/mol. The molecule has 6 nitrogen and oxygen atoms in total. The minimum absolute atomic E-state index is 0.0930. The number of aromatic nitrogens is 1. The number of nitrogens with zero attached hydrogens (tertiary/aromatic N) is 2. The highest BCUT2D eigenvalue weighted by Crippen LogP contribution is 2.31. The minimum Gasteiger partial charge on any atom is -0.480 e. The topological polar surface area (TPSA) is 72.7 Å². The van der Waals surface area contributed by atoms with Crippen molar-refractivity contribution >= 4 is 29.0 Å². The number of halogens is 1. The largest absolute Gasteiger partial charge is 0.480 e. The summed E-state index contributed by atoms with van der Waals surface area (Å²) >= 11 is 1.20. The number of ether oxygens (including phenoxy) is 1. The molecule has 1 aromatic heterocycles. The molecule has 188 valence electrons. The summed E-state index contributed by atoms with van der Waals surface area (Å²) in [7, 11) is 0. The zero-order valence-electron chi connectivity index (χ0n) is 20.4. The molecule has 8 heteroatoms. The SMILES string of the molecule is C#CCOc1ccccc1/C=c1\sc2n(c1=O)[C@@H](c1ccc(F)cc1)C(C(=O)Nc1ccccc1)=C(C)N=2. The van der Waals surface area contributed by atoms with Gasteiger partial charge in [-0.25, -0.2) is 9.38 Å². The van der Waals surface area contributed by atoms with Gasteiger partial charge >= 0.3 is 0 Å². The second-order valence-corrected chi connectivity index (χ2v) is 9.49. The molecule has 2 heterocycles. The summed E-state index contributed by atoms with van der Waals surface area (Å²) in [5.41, 5.74) is 2.33. The maximum absolute atomic E-state index is 13.8. The molecular formula is C30H22FN3O3S. The number of thiazole rings is 1. The Labute approximate surface area is 222 Å². The molecule has 1 amide bonds. The highest BCUT2D eigenvalue weighted by molar-refractivity contribution is 7.07. The Morgan fingerprint density at radius 2 is 1.84 bits per heavy atom. The Morgan fingerprint density at radius 3 is 2.58 bits per heavy atom. The van der Waals surface area contributed by atoms with Gasteiger partial charge in [-0.05, 0) is 48.9 Å². The van der Waals surface area contributed by atoms with Crippen molar-refractivity contribution < 1.29 is 13.9 Å². The van der Waals surface area contributed by atoms with Crippen molar-refractivity contribution in [2.45, 2.75) is 13.0 Å². The summed E-state index contributed by atoms with van der Waals surface area (Å²) in [6.07, 6.45) is 7.06. The molecule has 1 aliphatic heterocycles. The first kappa shape index (κ1) is 24.9. The van der Waals surface area contributed by atoms with E-state index < -0.39 is 17.8 Å². The van der Waals surface area contributed by atoms with Crippen molar-refractivity contribution in [3.63, 3.8) is 0 Å². The number of carbonyl (C=O) groups excluding carboxylic acids is 1. The molecule has 0 spiro atoms. The zero-order chi connectivity index (χ0) is 26.6. The quantitative estimate of drug-likeness (QED) is 0.388. The summed E-state index contributed by atoms with van der Waals surface area (Å²) in [4.78, 5) is 32.4. The minimum atomic E-state index is -0.800. The average molecular weight is 524 g/mol. The molecule has 0 radical (unpaired) electrons. The first-order valence-electron chi connectivity index (χ1n) is 11.8. The molecule has 0 aliphatic carbocycles. The van der Waals surface area contributed by atoms with Gasteiger partial charge < -0.3 is 10.1 Å². The van der Waals surface area contributed by atoms with Crippen molar-refractivity contribution in [1.29, 1.82) is 0 Å². The van der Waals surface area contributed by atoms with Gasteiger partial charge in [0.15, 0.2) is 4.80 Å². The van der Waals surface area contributed by atoms with Crippen LogP contribution >= 0.6 is 11.3 Å². The number of nitrogens with one attached hydrogen (secondary N) is 1. The lowest BCUT2D eigenvalue weighted by Gasteiger charge is -2.25. The maximum atomic E-state index is 13.8. The fraction of sp³-hybridized carbons (Fsp3) is 0.100. The second-order valence-electron chi connectivity index (χ2n) is 8.48. The zero-order valence-corrected chi connectivity index (χ0v) is 21.2. The number of hydrogen-bond donors (Lipinski definition) is 1. The van der Waals surface area contributed by atoms with Gasteiger partial charge in [0.1, 0.15) is 18.2 Å². The summed E-state index contributed by atoms with van der Waals surface area (Å²) in [5, 5.41) is 2.89. The molecule has 0 unspecified atom stereocenters. The van der Waals surface area contributed by atoms with E-state index >= 15 is 0 Å². The molecule has 38 heavy (non-hydrogen) atoms. The summed E-state index contributed by atoms with van der Waals surface area (Å²) in [5.74, 6) is 2.18. The molecule has 0 saturated heterocycles. The summed E-state index contributed by atoms with van der Waals surface area (Å²) in [6, 6.07) is 21.3. The Bertz CT molecular complexity index is 1760. The van der Waals surface area contributed by atoms with E-state index in [1.807, 2.05) is 36.4 Å². The van der Waals surface area contributed by atoms with Crippen molar-refractivity contribution in [2.75, 3.05) is 11.9 Å². The van der Waals surface area contributed by atoms with Crippen LogP contribution in [0.3, 0.4) is 0 Å².